The number of aromatic nitrogens is 3. The Morgan fingerprint density at radius 3 is 3.05 bits per heavy atom. The predicted molar refractivity (Wildman–Crippen MR) is 78.0 cm³/mol. The van der Waals surface area contributed by atoms with E-state index in [1.165, 1.54) is 5.57 Å². The van der Waals surface area contributed by atoms with Gasteiger partial charge in [0.15, 0.2) is 5.00 Å². The zero-order valence-electron chi connectivity index (χ0n) is 10.6. The van der Waals surface area contributed by atoms with Crippen molar-refractivity contribution in [3.05, 3.63) is 60.2 Å². The molecule has 1 unspecified atom stereocenters. The lowest BCUT2D eigenvalue weighted by Crippen LogP contribution is -2.28. The SMILES string of the molecule is CC=CC1=CC=CC(Cl)(n2nnc3ccccc32)C1. The van der Waals surface area contributed by atoms with E-state index in [0.29, 0.717) is 6.42 Å². The molecule has 0 radical (unpaired) electrons. The van der Waals surface area contributed by atoms with Crippen LogP contribution in [0, 0.1) is 0 Å². The van der Waals surface area contributed by atoms with Crippen molar-refractivity contribution in [2.24, 2.45) is 0 Å². The average Bonchev–Trinajstić information content (AvgIpc) is 2.84. The molecule has 1 aliphatic rings. The van der Waals surface area contributed by atoms with Crippen LogP contribution in [-0.4, -0.2) is 15.0 Å². The summed E-state index contributed by atoms with van der Waals surface area (Å²) in [6, 6.07) is 7.84. The molecule has 1 aromatic carbocycles. The van der Waals surface area contributed by atoms with Crippen molar-refractivity contribution in [3.8, 4) is 0 Å². The van der Waals surface area contributed by atoms with Crippen LogP contribution >= 0.6 is 11.6 Å². The minimum Gasteiger partial charge on any atom is -0.219 e. The summed E-state index contributed by atoms with van der Waals surface area (Å²) in [5, 5.41) is 8.38. The fourth-order valence-electron chi connectivity index (χ4n) is 2.34. The Labute approximate surface area is 116 Å². The van der Waals surface area contributed by atoms with Gasteiger partial charge in [-0.15, -0.1) is 5.10 Å². The molecule has 0 bridgehead atoms. The number of alkyl halides is 1. The summed E-state index contributed by atoms with van der Waals surface area (Å²) in [5.74, 6) is 0. The predicted octanol–water partition coefficient (Wildman–Crippen LogP) is 3.79. The molecule has 0 N–H and O–H groups in total. The second-order valence-corrected chi connectivity index (χ2v) is 5.24. The van der Waals surface area contributed by atoms with Crippen LogP contribution in [0.2, 0.25) is 0 Å². The first kappa shape index (κ1) is 12.2. The molecule has 0 amide bonds. The molecule has 19 heavy (non-hydrogen) atoms. The first-order chi connectivity index (χ1) is 9.23. The van der Waals surface area contributed by atoms with Crippen LogP contribution < -0.4 is 0 Å². The van der Waals surface area contributed by atoms with Gasteiger partial charge in [0.1, 0.15) is 5.52 Å². The Balaban J connectivity index is 2.07. The number of hydrogen-bond donors (Lipinski definition) is 0. The zero-order valence-corrected chi connectivity index (χ0v) is 11.4. The van der Waals surface area contributed by atoms with Crippen molar-refractivity contribution in [1.82, 2.24) is 15.0 Å². The van der Waals surface area contributed by atoms with Crippen molar-refractivity contribution in [3.63, 3.8) is 0 Å². The van der Waals surface area contributed by atoms with Crippen molar-refractivity contribution >= 4 is 22.6 Å². The smallest absolute Gasteiger partial charge is 0.160 e. The second kappa shape index (κ2) is 4.67. The number of benzene rings is 1. The van der Waals surface area contributed by atoms with E-state index in [1.54, 1.807) is 4.68 Å². The highest BCUT2D eigenvalue weighted by molar-refractivity contribution is 6.23. The Morgan fingerprint density at radius 2 is 2.21 bits per heavy atom. The second-order valence-electron chi connectivity index (χ2n) is 4.59. The van der Waals surface area contributed by atoms with Crippen molar-refractivity contribution in [2.75, 3.05) is 0 Å². The lowest BCUT2D eigenvalue weighted by molar-refractivity contribution is 0.470. The van der Waals surface area contributed by atoms with E-state index in [1.807, 2.05) is 49.4 Å². The maximum absolute atomic E-state index is 6.75. The van der Waals surface area contributed by atoms with Gasteiger partial charge in [0.05, 0.1) is 5.52 Å². The molecule has 0 saturated heterocycles. The van der Waals surface area contributed by atoms with E-state index in [9.17, 15) is 0 Å². The van der Waals surface area contributed by atoms with E-state index in [2.05, 4.69) is 22.5 Å². The summed E-state index contributed by atoms with van der Waals surface area (Å²) in [5.41, 5.74) is 2.99. The summed E-state index contributed by atoms with van der Waals surface area (Å²) in [6.45, 7) is 2.00. The lowest BCUT2D eigenvalue weighted by atomic mass is 9.99. The van der Waals surface area contributed by atoms with Crippen LogP contribution in [0.5, 0.6) is 0 Å². The summed E-state index contributed by atoms with van der Waals surface area (Å²) in [7, 11) is 0. The van der Waals surface area contributed by atoms with Gasteiger partial charge in [-0.25, -0.2) is 4.68 Å². The lowest BCUT2D eigenvalue weighted by Gasteiger charge is -2.27. The van der Waals surface area contributed by atoms with Crippen LogP contribution in [0.1, 0.15) is 13.3 Å². The van der Waals surface area contributed by atoms with Gasteiger partial charge in [0.25, 0.3) is 0 Å². The van der Waals surface area contributed by atoms with Gasteiger partial charge in [-0.1, -0.05) is 53.3 Å². The van der Waals surface area contributed by atoms with Gasteiger partial charge in [0, 0.05) is 6.42 Å². The van der Waals surface area contributed by atoms with Gasteiger partial charge in [-0.05, 0) is 30.7 Å². The molecular formula is C15H14ClN3. The third-order valence-corrected chi connectivity index (χ3v) is 3.62. The van der Waals surface area contributed by atoms with Crippen LogP contribution in [0.15, 0.2) is 60.2 Å². The Kier molecular flexibility index (Phi) is 2.99. The van der Waals surface area contributed by atoms with Crippen LogP contribution in [0.25, 0.3) is 11.0 Å². The molecule has 2 aromatic rings. The van der Waals surface area contributed by atoms with E-state index < -0.39 is 5.00 Å². The van der Waals surface area contributed by atoms with Crippen LogP contribution in [0.3, 0.4) is 0 Å². The number of nitrogens with zero attached hydrogens (tertiary/aromatic N) is 3. The molecule has 3 nitrogen and oxygen atoms in total. The molecule has 1 aromatic heterocycles. The number of allylic oxidation sites excluding steroid dienone is 6. The monoisotopic (exact) mass is 271 g/mol. The van der Waals surface area contributed by atoms with Crippen molar-refractivity contribution in [2.45, 2.75) is 18.3 Å². The molecule has 1 aliphatic carbocycles. The fraction of sp³-hybridized carbons (Fsp3) is 0.200. The van der Waals surface area contributed by atoms with E-state index in [0.717, 1.165) is 11.0 Å². The van der Waals surface area contributed by atoms with E-state index in [-0.39, 0.29) is 0 Å². The van der Waals surface area contributed by atoms with Gasteiger partial charge >= 0.3 is 0 Å². The summed E-state index contributed by atoms with van der Waals surface area (Å²) in [4.78, 5) is -0.681. The Morgan fingerprint density at radius 1 is 1.37 bits per heavy atom. The minimum atomic E-state index is -0.681. The minimum absolute atomic E-state index is 0.681. The number of para-hydroxylation sites is 1. The van der Waals surface area contributed by atoms with Crippen LogP contribution in [0.4, 0.5) is 0 Å². The highest BCUT2D eigenvalue weighted by Gasteiger charge is 2.31. The topological polar surface area (TPSA) is 30.7 Å². The average molecular weight is 272 g/mol. The molecule has 0 spiro atoms. The van der Waals surface area contributed by atoms with Crippen LogP contribution in [-0.2, 0) is 5.00 Å². The first-order valence-corrected chi connectivity index (χ1v) is 6.62. The molecule has 0 aliphatic heterocycles. The Bertz CT molecular complexity index is 696. The summed E-state index contributed by atoms with van der Waals surface area (Å²) < 4.78 is 1.79. The maximum atomic E-state index is 6.75. The highest BCUT2D eigenvalue weighted by Crippen LogP contribution is 2.36. The molecule has 1 heterocycles. The Hall–Kier alpha value is -1.87. The largest absolute Gasteiger partial charge is 0.219 e. The van der Waals surface area contributed by atoms with Crippen molar-refractivity contribution in [1.29, 1.82) is 0 Å². The van der Waals surface area contributed by atoms with Gasteiger partial charge in [0.2, 0.25) is 0 Å². The first-order valence-electron chi connectivity index (χ1n) is 6.24. The fourth-order valence-corrected chi connectivity index (χ4v) is 2.69. The number of fused-ring (bicyclic) bond motifs is 1. The maximum Gasteiger partial charge on any atom is 0.160 e. The van der Waals surface area contributed by atoms with E-state index in [4.69, 9.17) is 11.6 Å². The standard InChI is InChI=1S/C15H14ClN3/c1-2-6-12-7-5-10-15(16,11-12)19-14-9-4-3-8-13(14)17-18-19/h2-10H,11H2,1H3. The number of hydrogen-bond acceptors (Lipinski definition) is 2. The highest BCUT2D eigenvalue weighted by atomic mass is 35.5. The normalized spacial score (nSPS) is 23.2. The molecule has 0 fully saturated rings. The third-order valence-electron chi connectivity index (χ3n) is 3.20. The third kappa shape index (κ3) is 2.10. The van der Waals surface area contributed by atoms with Gasteiger partial charge in [-0.3, -0.25) is 0 Å². The molecule has 96 valence electrons. The molecule has 3 rings (SSSR count). The van der Waals surface area contributed by atoms with Gasteiger partial charge < -0.3 is 0 Å². The summed E-state index contributed by atoms with van der Waals surface area (Å²) in [6.07, 6.45) is 10.8. The molecular weight excluding hydrogens is 258 g/mol. The number of halogens is 1. The summed E-state index contributed by atoms with van der Waals surface area (Å²) >= 11 is 6.75. The molecule has 4 heteroatoms. The van der Waals surface area contributed by atoms with Crippen molar-refractivity contribution < 1.29 is 0 Å². The number of rotatable bonds is 2. The van der Waals surface area contributed by atoms with Gasteiger partial charge in [-0.2, -0.15) is 0 Å². The quantitative estimate of drug-likeness (QED) is 0.778. The molecule has 0 saturated carbocycles. The van der Waals surface area contributed by atoms with E-state index >= 15 is 0 Å². The molecule has 1 atom stereocenters. The zero-order chi connectivity index (χ0) is 13.3.